The van der Waals surface area contributed by atoms with Gasteiger partial charge in [0.1, 0.15) is 0 Å². The minimum atomic E-state index is 0.149. The van der Waals surface area contributed by atoms with Crippen molar-refractivity contribution in [1.82, 2.24) is 5.32 Å². The summed E-state index contributed by atoms with van der Waals surface area (Å²) in [6, 6.07) is 0.331. The largest absolute Gasteiger partial charge is 0.353 e. The predicted molar refractivity (Wildman–Crippen MR) is 57.8 cm³/mol. The first-order chi connectivity index (χ1) is 6.76. The van der Waals surface area contributed by atoms with E-state index in [1.54, 1.807) is 0 Å². The molecule has 3 N–H and O–H groups in total. The molecule has 0 fully saturated rings. The Morgan fingerprint density at radius 3 is 2.71 bits per heavy atom. The third kappa shape index (κ3) is 3.50. The van der Waals surface area contributed by atoms with Gasteiger partial charge in [0.2, 0.25) is 5.91 Å². The summed E-state index contributed by atoms with van der Waals surface area (Å²) in [6.07, 6.45) is 7.74. The van der Waals surface area contributed by atoms with Crippen LogP contribution in [0.2, 0.25) is 0 Å². The van der Waals surface area contributed by atoms with E-state index in [-0.39, 0.29) is 5.91 Å². The lowest BCUT2D eigenvalue weighted by molar-refractivity contribution is -0.122. The van der Waals surface area contributed by atoms with Crippen LogP contribution in [0.4, 0.5) is 0 Å². The summed E-state index contributed by atoms with van der Waals surface area (Å²) in [6.45, 7) is 2.68. The minimum Gasteiger partial charge on any atom is -0.353 e. The zero-order valence-corrected chi connectivity index (χ0v) is 8.83. The van der Waals surface area contributed by atoms with Gasteiger partial charge in [-0.25, -0.2) is 0 Å². The van der Waals surface area contributed by atoms with Gasteiger partial charge < -0.3 is 11.1 Å². The fourth-order valence-corrected chi connectivity index (χ4v) is 1.68. The van der Waals surface area contributed by atoms with E-state index in [0.29, 0.717) is 24.9 Å². The van der Waals surface area contributed by atoms with Crippen LogP contribution in [-0.2, 0) is 4.79 Å². The van der Waals surface area contributed by atoms with Crippen molar-refractivity contribution in [3.63, 3.8) is 0 Å². The van der Waals surface area contributed by atoms with Crippen LogP contribution in [0, 0.1) is 5.92 Å². The van der Waals surface area contributed by atoms with E-state index in [4.69, 9.17) is 5.73 Å². The molecule has 1 rings (SSSR count). The predicted octanol–water partition coefficient (Wildman–Crippen LogP) is 1.20. The smallest absolute Gasteiger partial charge is 0.220 e. The number of hydrogen-bond acceptors (Lipinski definition) is 2. The number of rotatable bonds is 5. The number of amides is 1. The summed E-state index contributed by atoms with van der Waals surface area (Å²) in [5.74, 6) is 0.486. The third-order valence-corrected chi connectivity index (χ3v) is 2.76. The normalized spacial score (nSPS) is 18.4. The Bertz CT molecular complexity index is 195. The van der Waals surface area contributed by atoms with E-state index in [0.717, 1.165) is 19.3 Å². The fraction of sp³-hybridized carbons (Fsp3) is 0.727. The number of carbonyl (C=O) groups is 1. The van der Waals surface area contributed by atoms with Crippen molar-refractivity contribution in [2.75, 3.05) is 6.54 Å². The second-order valence-electron chi connectivity index (χ2n) is 3.92. The Kier molecular flexibility index (Phi) is 4.66. The molecule has 80 valence electrons. The standard InChI is InChI=1S/C11H20N2O/c1-2-9(8-12)7-11(14)13-10-5-3-4-6-10/h3-4,9-10H,2,5-8,12H2,1H3,(H,13,14). The SMILES string of the molecule is CCC(CN)CC(=O)NC1CC=CC1. The van der Waals surface area contributed by atoms with Gasteiger partial charge in [0.25, 0.3) is 0 Å². The van der Waals surface area contributed by atoms with Gasteiger partial charge >= 0.3 is 0 Å². The third-order valence-electron chi connectivity index (χ3n) is 2.76. The highest BCUT2D eigenvalue weighted by Gasteiger charge is 2.15. The topological polar surface area (TPSA) is 55.1 Å². The van der Waals surface area contributed by atoms with E-state index in [1.165, 1.54) is 0 Å². The molecule has 0 aliphatic heterocycles. The van der Waals surface area contributed by atoms with Crippen molar-refractivity contribution in [3.8, 4) is 0 Å². The Labute approximate surface area is 85.7 Å². The van der Waals surface area contributed by atoms with Crippen molar-refractivity contribution < 1.29 is 4.79 Å². The zero-order valence-electron chi connectivity index (χ0n) is 8.83. The van der Waals surface area contributed by atoms with Crippen LogP contribution in [0.1, 0.15) is 32.6 Å². The molecule has 0 bridgehead atoms. The monoisotopic (exact) mass is 196 g/mol. The van der Waals surface area contributed by atoms with Crippen molar-refractivity contribution in [2.45, 2.75) is 38.6 Å². The molecule has 1 unspecified atom stereocenters. The molecule has 0 saturated carbocycles. The van der Waals surface area contributed by atoms with Crippen molar-refractivity contribution in [2.24, 2.45) is 11.7 Å². The Balaban J connectivity index is 2.20. The molecule has 0 radical (unpaired) electrons. The van der Waals surface area contributed by atoms with Crippen LogP contribution >= 0.6 is 0 Å². The summed E-state index contributed by atoms with van der Waals surface area (Å²) in [4.78, 5) is 11.5. The quantitative estimate of drug-likeness (QED) is 0.649. The second-order valence-corrected chi connectivity index (χ2v) is 3.92. The Morgan fingerprint density at radius 2 is 2.21 bits per heavy atom. The van der Waals surface area contributed by atoms with E-state index in [1.807, 2.05) is 0 Å². The molecular weight excluding hydrogens is 176 g/mol. The summed E-state index contributed by atoms with van der Waals surface area (Å²) in [7, 11) is 0. The van der Waals surface area contributed by atoms with E-state index in [9.17, 15) is 4.79 Å². The molecule has 3 heteroatoms. The number of nitrogens with two attached hydrogens (primary N) is 1. The average Bonchev–Trinajstić information content (AvgIpc) is 2.66. The molecule has 0 aromatic carbocycles. The summed E-state index contributed by atoms with van der Waals surface area (Å²) in [5.41, 5.74) is 5.55. The first kappa shape index (κ1) is 11.2. The first-order valence-electron chi connectivity index (χ1n) is 5.40. The molecule has 0 aromatic rings. The summed E-state index contributed by atoms with van der Waals surface area (Å²) < 4.78 is 0. The first-order valence-corrected chi connectivity index (χ1v) is 5.40. The molecule has 1 aliphatic rings. The molecule has 0 heterocycles. The van der Waals surface area contributed by atoms with Crippen LogP contribution in [0.3, 0.4) is 0 Å². The molecule has 0 aromatic heterocycles. The minimum absolute atomic E-state index is 0.149. The number of nitrogens with one attached hydrogen (secondary N) is 1. The van der Waals surface area contributed by atoms with Gasteiger partial charge in [0.05, 0.1) is 0 Å². The summed E-state index contributed by atoms with van der Waals surface area (Å²) >= 11 is 0. The van der Waals surface area contributed by atoms with E-state index in [2.05, 4.69) is 24.4 Å². The van der Waals surface area contributed by atoms with Crippen molar-refractivity contribution in [1.29, 1.82) is 0 Å². The van der Waals surface area contributed by atoms with Gasteiger partial charge in [-0.1, -0.05) is 25.5 Å². The molecule has 1 amide bonds. The highest BCUT2D eigenvalue weighted by molar-refractivity contribution is 5.76. The van der Waals surface area contributed by atoms with Gasteiger partial charge in [-0.3, -0.25) is 4.79 Å². The van der Waals surface area contributed by atoms with Crippen LogP contribution in [0.15, 0.2) is 12.2 Å². The van der Waals surface area contributed by atoms with Gasteiger partial charge in [0.15, 0.2) is 0 Å². The molecule has 3 nitrogen and oxygen atoms in total. The Morgan fingerprint density at radius 1 is 1.57 bits per heavy atom. The van der Waals surface area contributed by atoms with E-state index >= 15 is 0 Å². The number of hydrogen-bond donors (Lipinski definition) is 2. The Hall–Kier alpha value is -0.830. The highest BCUT2D eigenvalue weighted by Crippen LogP contribution is 2.11. The lowest BCUT2D eigenvalue weighted by Crippen LogP contribution is -2.34. The van der Waals surface area contributed by atoms with Crippen molar-refractivity contribution >= 4 is 5.91 Å². The van der Waals surface area contributed by atoms with Gasteiger partial charge in [-0.15, -0.1) is 0 Å². The van der Waals surface area contributed by atoms with Crippen LogP contribution < -0.4 is 11.1 Å². The van der Waals surface area contributed by atoms with Gasteiger partial charge in [-0.05, 0) is 25.3 Å². The van der Waals surface area contributed by atoms with Crippen LogP contribution in [-0.4, -0.2) is 18.5 Å². The highest BCUT2D eigenvalue weighted by atomic mass is 16.1. The summed E-state index contributed by atoms with van der Waals surface area (Å²) in [5, 5.41) is 3.02. The lowest BCUT2D eigenvalue weighted by Gasteiger charge is -2.15. The zero-order chi connectivity index (χ0) is 10.4. The maximum Gasteiger partial charge on any atom is 0.220 e. The molecule has 1 atom stereocenters. The molecule has 0 spiro atoms. The average molecular weight is 196 g/mol. The van der Waals surface area contributed by atoms with Crippen LogP contribution in [0.5, 0.6) is 0 Å². The van der Waals surface area contributed by atoms with Crippen molar-refractivity contribution in [3.05, 3.63) is 12.2 Å². The lowest BCUT2D eigenvalue weighted by atomic mass is 10.0. The number of carbonyl (C=O) groups excluding carboxylic acids is 1. The van der Waals surface area contributed by atoms with Gasteiger partial charge in [-0.2, -0.15) is 0 Å². The molecular formula is C11H20N2O. The maximum atomic E-state index is 11.5. The molecule has 0 saturated heterocycles. The van der Waals surface area contributed by atoms with E-state index < -0.39 is 0 Å². The molecule has 1 aliphatic carbocycles. The molecule has 14 heavy (non-hydrogen) atoms. The second kappa shape index (κ2) is 5.81. The maximum absolute atomic E-state index is 11.5. The fourth-order valence-electron chi connectivity index (χ4n) is 1.68. The van der Waals surface area contributed by atoms with Gasteiger partial charge in [0, 0.05) is 12.5 Å². The van der Waals surface area contributed by atoms with Crippen LogP contribution in [0.25, 0.3) is 0 Å².